The third-order valence-electron chi connectivity index (χ3n) is 4.41. The Morgan fingerprint density at radius 3 is 2.07 bits per heavy atom. The van der Waals surface area contributed by atoms with Gasteiger partial charge in [-0.25, -0.2) is 4.79 Å². The molecule has 0 saturated heterocycles. The number of methoxy groups -OCH3 is 4. The SMILES string of the molecule is COC(=O)c1c(C(=O)c2ccc(OC)c(OC)c2OC)coc1-c1ccccc1. The molecule has 0 aliphatic rings. The lowest BCUT2D eigenvalue weighted by molar-refractivity contribution is 0.0598. The van der Waals surface area contributed by atoms with E-state index in [9.17, 15) is 9.59 Å². The van der Waals surface area contributed by atoms with Crippen molar-refractivity contribution < 1.29 is 33.0 Å². The molecular weight excluding hydrogens is 376 g/mol. The van der Waals surface area contributed by atoms with Gasteiger partial charge in [0.25, 0.3) is 0 Å². The van der Waals surface area contributed by atoms with Crippen molar-refractivity contribution in [3.63, 3.8) is 0 Å². The third-order valence-corrected chi connectivity index (χ3v) is 4.41. The van der Waals surface area contributed by atoms with Crippen LogP contribution >= 0.6 is 0 Å². The summed E-state index contributed by atoms with van der Waals surface area (Å²) in [5, 5.41) is 0. The summed E-state index contributed by atoms with van der Waals surface area (Å²) >= 11 is 0. The standard InChI is InChI=1S/C22H20O7/c1-25-16-11-10-14(20(26-2)21(16)27-3)18(23)15-12-29-19(17(15)22(24)28-4)13-8-6-5-7-9-13/h5-12H,1-4H3. The van der Waals surface area contributed by atoms with Crippen molar-refractivity contribution >= 4 is 11.8 Å². The van der Waals surface area contributed by atoms with Gasteiger partial charge in [0, 0.05) is 5.56 Å². The van der Waals surface area contributed by atoms with E-state index in [0.29, 0.717) is 11.3 Å². The summed E-state index contributed by atoms with van der Waals surface area (Å²) in [7, 11) is 5.59. The maximum absolute atomic E-state index is 13.3. The summed E-state index contributed by atoms with van der Waals surface area (Å²) in [5.41, 5.74) is 0.934. The van der Waals surface area contributed by atoms with E-state index < -0.39 is 11.8 Å². The van der Waals surface area contributed by atoms with Crippen LogP contribution in [0.5, 0.6) is 17.2 Å². The maximum atomic E-state index is 13.3. The first-order chi connectivity index (χ1) is 14.1. The minimum atomic E-state index is -0.680. The van der Waals surface area contributed by atoms with Crippen molar-refractivity contribution in [2.75, 3.05) is 28.4 Å². The molecule has 7 nitrogen and oxygen atoms in total. The average Bonchev–Trinajstić information content (AvgIpc) is 3.22. The van der Waals surface area contributed by atoms with Gasteiger partial charge in [-0.05, 0) is 12.1 Å². The maximum Gasteiger partial charge on any atom is 0.342 e. The number of furan rings is 1. The van der Waals surface area contributed by atoms with Gasteiger partial charge >= 0.3 is 5.97 Å². The van der Waals surface area contributed by atoms with Gasteiger partial charge in [-0.1, -0.05) is 30.3 Å². The van der Waals surface area contributed by atoms with E-state index >= 15 is 0 Å². The number of esters is 1. The predicted molar refractivity (Wildman–Crippen MR) is 105 cm³/mol. The molecule has 0 radical (unpaired) electrons. The highest BCUT2D eigenvalue weighted by atomic mass is 16.5. The van der Waals surface area contributed by atoms with Crippen molar-refractivity contribution in [1.29, 1.82) is 0 Å². The summed E-state index contributed by atoms with van der Waals surface area (Å²) in [5.74, 6) is -0.0385. The summed E-state index contributed by atoms with van der Waals surface area (Å²) in [6.45, 7) is 0. The molecule has 0 atom stereocenters. The number of ether oxygens (including phenoxy) is 4. The molecule has 29 heavy (non-hydrogen) atoms. The number of carbonyl (C=O) groups is 2. The second-order valence-corrected chi connectivity index (χ2v) is 5.92. The van der Waals surface area contributed by atoms with Crippen LogP contribution in [0.25, 0.3) is 11.3 Å². The van der Waals surface area contributed by atoms with Crippen molar-refractivity contribution in [1.82, 2.24) is 0 Å². The lowest BCUT2D eigenvalue weighted by Crippen LogP contribution is -2.11. The predicted octanol–water partition coefficient (Wildman–Crippen LogP) is 3.99. The van der Waals surface area contributed by atoms with Gasteiger partial charge in [-0.2, -0.15) is 0 Å². The second kappa shape index (κ2) is 8.52. The van der Waals surface area contributed by atoms with Crippen LogP contribution < -0.4 is 14.2 Å². The molecule has 0 spiro atoms. The van der Waals surface area contributed by atoms with Crippen LogP contribution in [0.15, 0.2) is 53.1 Å². The fourth-order valence-corrected chi connectivity index (χ4v) is 3.06. The highest BCUT2D eigenvalue weighted by Gasteiger charge is 2.30. The van der Waals surface area contributed by atoms with Gasteiger partial charge in [-0.3, -0.25) is 4.79 Å². The number of ketones is 1. The number of hydrogen-bond donors (Lipinski definition) is 0. The van der Waals surface area contributed by atoms with Crippen LogP contribution in [-0.4, -0.2) is 40.2 Å². The molecule has 0 amide bonds. The largest absolute Gasteiger partial charge is 0.493 e. The van der Waals surface area contributed by atoms with E-state index in [1.807, 2.05) is 6.07 Å². The Morgan fingerprint density at radius 1 is 0.793 bits per heavy atom. The number of hydrogen-bond acceptors (Lipinski definition) is 7. The van der Waals surface area contributed by atoms with E-state index in [1.165, 1.54) is 34.7 Å². The molecule has 0 N–H and O–H groups in total. The molecule has 0 unspecified atom stereocenters. The lowest BCUT2D eigenvalue weighted by Gasteiger charge is -2.15. The monoisotopic (exact) mass is 396 g/mol. The van der Waals surface area contributed by atoms with Gasteiger partial charge in [0.2, 0.25) is 11.5 Å². The Kier molecular flexibility index (Phi) is 5.87. The molecule has 2 aromatic carbocycles. The van der Waals surface area contributed by atoms with Crippen molar-refractivity contribution in [2.45, 2.75) is 0 Å². The molecule has 7 heteroatoms. The zero-order chi connectivity index (χ0) is 21.0. The molecule has 0 aliphatic heterocycles. The Balaban J connectivity index is 2.18. The van der Waals surface area contributed by atoms with E-state index in [1.54, 1.807) is 36.4 Å². The smallest absolute Gasteiger partial charge is 0.342 e. The average molecular weight is 396 g/mol. The molecule has 3 rings (SSSR count). The van der Waals surface area contributed by atoms with E-state index in [-0.39, 0.29) is 33.9 Å². The van der Waals surface area contributed by atoms with Gasteiger partial charge in [-0.15, -0.1) is 0 Å². The summed E-state index contributed by atoms with van der Waals surface area (Å²) in [4.78, 5) is 25.8. The van der Waals surface area contributed by atoms with Gasteiger partial charge in [0.1, 0.15) is 17.6 Å². The van der Waals surface area contributed by atoms with Crippen LogP contribution in [0.4, 0.5) is 0 Å². The fourth-order valence-electron chi connectivity index (χ4n) is 3.06. The molecule has 0 saturated carbocycles. The second-order valence-electron chi connectivity index (χ2n) is 5.92. The zero-order valence-electron chi connectivity index (χ0n) is 16.5. The first kappa shape index (κ1) is 20.0. The van der Waals surface area contributed by atoms with Gasteiger partial charge in [0.15, 0.2) is 11.5 Å². The first-order valence-corrected chi connectivity index (χ1v) is 8.66. The number of benzene rings is 2. The minimum absolute atomic E-state index is 0.0422. The van der Waals surface area contributed by atoms with Crippen LogP contribution in [0.2, 0.25) is 0 Å². The molecule has 1 heterocycles. The topological polar surface area (TPSA) is 84.2 Å². The minimum Gasteiger partial charge on any atom is -0.493 e. The summed E-state index contributed by atoms with van der Waals surface area (Å²) in [6.07, 6.45) is 1.24. The van der Waals surface area contributed by atoms with Crippen LogP contribution in [0.3, 0.4) is 0 Å². The highest BCUT2D eigenvalue weighted by Crippen LogP contribution is 2.41. The summed E-state index contributed by atoms with van der Waals surface area (Å²) < 4.78 is 26.5. The van der Waals surface area contributed by atoms with E-state index in [0.717, 1.165) is 0 Å². The van der Waals surface area contributed by atoms with Crippen molar-refractivity contribution in [3.05, 3.63) is 65.4 Å². The van der Waals surface area contributed by atoms with Crippen molar-refractivity contribution in [3.8, 4) is 28.6 Å². The molecule has 0 bridgehead atoms. The Labute approximate surface area is 167 Å². The lowest BCUT2D eigenvalue weighted by atomic mass is 9.98. The van der Waals surface area contributed by atoms with Crippen LogP contribution in [0, 0.1) is 0 Å². The molecule has 1 aromatic heterocycles. The normalized spacial score (nSPS) is 10.3. The third kappa shape index (κ3) is 3.54. The molecule has 0 fully saturated rings. The Morgan fingerprint density at radius 2 is 1.48 bits per heavy atom. The molecule has 150 valence electrons. The van der Waals surface area contributed by atoms with Crippen LogP contribution in [-0.2, 0) is 4.74 Å². The molecule has 0 aliphatic carbocycles. The molecular formula is C22H20O7. The Bertz CT molecular complexity index is 1030. The van der Waals surface area contributed by atoms with Crippen LogP contribution in [0.1, 0.15) is 26.3 Å². The van der Waals surface area contributed by atoms with Gasteiger partial charge < -0.3 is 23.4 Å². The first-order valence-electron chi connectivity index (χ1n) is 8.66. The molecule has 3 aromatic rings. The Hall–Kier alpha value is -3.74. The zero-order valence-corrected chi connectivity index (χ0v) is 16.5. The van der Waals surface area contributed by atoms with E-state index in [2.05, 4.69) is 0 Å². The fraction of sp³-hybridized carbons (Fsp3) is 0.182. The number of carbonyl (C=O) groups excluding carboxylic acids is 2. The summed E-state index contributed by atoms with van der Waals surface area (Å²) in [6, 6.07) is 12.1. The van der Waals surface area contributed by atoms with Crippen molar-refractivity contribution in [2.24, 2.45) is 0 Å². The highest BCUT2D eigenvalue weighted by molar-refractivity contribution is 6.17. The quantitative estimate of drug-likeness (QED) is 0.441. The van der Waals surface area contributed by atoms with Gasteiger partial charge in [0.05, 0.1) is 39.6 Å². The number of rotatable bonds is 7. The van der Waals surface area contributed by atoms with E-state index in [4.69, 9.17) is 23.4 Å².